The fraction of sp³-hybridized carbons (Fsp3) is 0.238. The van der Waals surface area contributed by atoms with Gasteiger partial charge in [-0.2, -0.15) is 0 Å². The first-order valence-electron chi connectivity index (χ1n) is 9.12. The van der Waals surface area contributed by atoms with Gasteiger partial charge in [-0.25, -0.2) is 17.7 Å². The van der Waals surface area contributed by atoms with E-state index in [1.807, 2.05) is 36.6 Å². The number of hydrogen-bond acceptors (Lipinski definition) is 6. The highest BCUT2D eigenvalue weighted by Crippen LogP contribution is 2.27. The molecule has 1 N–H and O–H groups in total. The molecule has 0 saturated carbocycles. The van der Waals surface area contributed by atoms with Crippen molar-refractivity contribution in [3.8, 4) is 17.0 Å². The number of amides is 1. The zero-order chi connectivity index (χ0) is 21.9. The van der Waals surface area contributed by atoms with Crippen LogP contribution in [-0.4, -0.2) is 44.8 Å². The molecule has 3 aromatic rings. The van der Waals surface area contributed by atoms with Crippen molar-refractivity contribution in [1.82, 2.24) is 14.6 Å². The summed E-state index contributed by atoms with van der Waals surface area (Å²) >= 11 is 1.60. The Morgan fingerprint density at radius 3 is 2.43 bits per heavy atom. The van der Waals surface area contributed by atoms with E-state index in [0.29, 0.717) is 6.54 Å². The van der Waals surface area contributed by atoms with E-state index in [0.717, 1.165) is 26.1 Å². The smallest absolute Gasteiger partial charge is 0.251 e. The SMILES string of the molecule is COc1ccc(C(=O)NCc2ccc(-c3csc(C)n3)cc2)cc1S(=O)(=O)N(C)C. The van der Waals surface area contributed by atoms with Gasteiger partial charge >= 0.3 is 0 Å². The minimum Gasteiger partial charge on any atom is -0.495 e. The van der Waals surface area contributed by atoms with Gasteiger partial charge in [0.15, 0.2) is 0 Å². The number of aryl methyl sites for hydroxylation is 1. The number of carbonyl (C=O) groups is 1. The third-order valence-corrected chi connectivity index (χ3v) is 7.12. The Morgan fingerprint density at radius 2 is 1.87 bits per heavy atom. The first-order valence-corrected chi connectivity index (χ1v) is 11.4. The zero-order valence-electron chi connectivity index (χ0n) is 17.2. The first-order chi connectivity index (χ1) is 14.2. The second-order valence-electron chi connectivity index (χ2n) is 6.78. The maximum absolute atomic E-state index is 12.6. The number of aromatic nitrogens is 1. The lowest BCUT2D eigenvalue weighted by Crippen LogP contribution is -2.25. The van der Waals surface area contributed by atoms with E-state index in [4.69, 9.17) is 4.74 Å². The number of rotatable bonds is 7. The average molecular weight is 446 g/mol. The lowest BCUT2D eigenvalue weighted by Gasteiger charge is -2.15. The van der Waals surface area contributed by atoms with Crippen LogP contribution in [-0.2, 0) is 16.6 Å². The van der Waals surface area contributed by atoms with Crippen LogP contribution in [0.3, 0.4) is 0 Å². The Balaban J connectivity index is 1.73. The number of sulfonamides is 1. The highest BCUT2D eigenvalue weighted by atomic mass is 32.2. The van der Waals surface area contributed by atoms with Crippen LogP contribution in [0.2, 0.25) is 0 Å². The highest BCUT2D eigenvalue weighted by molar-refractivity contribution is 7.89. The molecule has 1 amide bonds. The lowest BCUT2D eigenvalue weighted by molar-refractivity contribution is 0.0950. The molecule has 1 aromatic heterocycles. The summed E-state index contributed by atoms with van der Waals surface area (Å²) in [6.45, 7) is 2.28. The normalized spacial score (nSPS) is 11.5. The molecule has 0 radical (unpaired) electrons. The van der Waals surface area contributed by atoms with Crippen LogP contribution in [0.1, 0.15) is 20.9 Å². The number of benzene rings is 2. The Labute approximate surface area is 180 Å². The van der Waals surface area contributed by atoms with Crippen molar-refractivity contribution in [1.29, 1.82) is 0 Å². The minimum absolute atomic E-state index is 0.0504. The monoisotopic (exact) mass is 445 g/mol. The van der Waals surface area contributed by atoms with E-state index < -0.39 is 10.0 Å². The predicted octanol–water partition coefficient (Wildman–Crippen LogP) is 3.31. The molecule has 0 saturated heterocycles. The van der Waals surface area contributed by atoms with E-state index in [1.165, 1.54) is 39.4 Å². The number of nitrogens with zero attached hydrogens (tertiary/aromatic N) is 2. The fourth-order valence-corrected chi connectivity index (χ4v) is 4.49. The zero-order valence-corrected chi connectivity index (χ0v) is 18.8. The molecule has 0 bridgehead atoms. The maximum atomic E-state index is 12.6. The van der Waals surface area contributed by atoms with Gasteiger partial charge in [-0.3, -0.25) is 4.79 Å². The summed E-state index contributed by atoms with van der Waals surface area (Å²) in [5, 5.41) is 5.84. The Morgan fingerprint density at radius 1 is 1.17 bits per heavy atom. The van der Waals surface area contributed by atoms with Crippen LogP contribution in [0, 0.1) is 6.92 Å². The molecule has 0 fully saturated rings. The van der Waals surface area contributed by atoms with Crippen LogP contribution in [0.5, 0.6) is 5.75 Å². The van der Waals surface area contributed by atoms with E-state index >= 15 is 0 Å². The molecule has 1 heterocycles. The summed E-state index contributed by atoms with van der Waals surface area (Å²) in [4.78, 5) is 17.0. The molecule has 158 valence electrons. The van der Waals surface area contributed by atoms with E-state index in [-0.39, 0.29) is 22.1 Å². The molecular weight excluding hydrogens is 422 g/mol. The van der Waals surface area contributed by atoms with Crippen molar-refractivity contribution in [3.05, 3.63) is 64.0 Å². The van der Waals surface area contributed by atoms with Crippen LogP contribution >= 0.6 is 11.3 Å². The molecule has 9 heteroatoms. The number of ether oxygens (including phenoxy) is 1. The van der Waals surface area contributed by atoms with E-state index in [1.54, 1.807) is 11.3 Å². The topological polar surface area (TPSA) is 88.6 Å². The maximum Gasteiger partial charge on any atom is 0.251 e. The molecule has 7 nitrogen and oxygen atoms in total. The van der Waals surface area contributed by atoms with Gasteiger partial charge in [-0.15, -0.1) is 11.3 Å². The fourth-order valence-electron chi connectivity index (χ4n) is 2.79. The summed E-state index contributed by atoms with van der Waals surface area (Å²) in [5.41, 5.74) is 3.11. The van der Waals surface area contributed by atoms with Gasteiger partial charge < -0.3 is 10.1 Å². The summed E-state index contributed by atoms with van der Waals surface area (Å²) in [6.07, 6.45) is 0. The van der Waals surface area contributed by atoms with Gasteiger partial charge in [0.2, 0.25) is 10.0 Å². The number of methoxy groups -OCH3 is 1. The van der Waals surface area contributed by atoms with Crippen molar-refractivity contribution in [2.75, 3.05) is 21.2 Å². The summed E-state index contributed by atoms with van der Waals surface area (Å²) in [6, 6.07) is 12.1. The second-order valence-corrected chi connectivity index (χ2v) is 9.97. The number of nitrogens with one attached hydrogen (secondary N) is 1. The van der Waals surface area contributed by atoms with Crippen molar-refractivity contribution >= 4 is 27.3 Å². The van der Waals surface area contributed by atoms with Gasteiger partial charge in [0.25, 0.3) is 5.91 Å². The van der Waals surface area contributed by atoms with Gasteiger partial charge in [-0.05, 0) is 30.7 Å². The molecule has 2 aromatic carbocycles. The molecule has 0 atom stereocenters. The minimum atomic E-state index is -3.75. The highest BCUT2D eigenvalue weighted by Gasteiger charge is 2.23. The second kappa shape index (κ2) is 8.95. The molecule has 0 aliphatic heterocycles. The molecular formula is C21H23N3O4S2. The lowest BCUT2D eigenvalue weighted by atomic mass is 10.1. The number of hydrogen-bond donors (Lipinski definition) is 1. The molecule has 0 unspecified atom stereocenters. The van der Waals surface area contributed by atoms with Crippen LogP contribution in [0.4, 0.5) is 0 Å². The van der Waals surface area contributed by atoms with Crippen molar-refractivity contribution in [2.45, 2.75) is 18.4 Å². The Hall–Kier alpha value is -2.75. The first kappa shape index (κ1) is 21.9. The van der Waals surface area contributed by atoms with Gasteiger partial charge in [-0.1, -0.05) is 24.3 Å². The third-order valence-electron chi connectivity index (χ3n) is 4.51. The summed E-state index contributed by atoms with van der Waals surface area (Å²) < 4.78 is 31.3. The molecule has 0 aliphatic rings. The van der Waals surface area contributed by atoms with Gasteiger partial charge in [0.05, 0.1) is 17.8 Å². The molecule has 3 rings (SSSR count). The average Bonchev–Trinajstić information content (AvgIpc) is 3.18. The Bertz CT molecular complexity index is 1150. The van der Waals surface area contributed by atoms with Crippen LogP contribution < -0.4 is 10.1 Å². The van der Waals surface area contributed by atoms with Gasteiger partial charge in [0, 0.05) is 37.1 Å². The Kier molecular flexibility index (Phi) is 6.55. The third kappa shape index (κ3) is 4.69. The number of thiazole rings is 1. The number of carbonyl (C=O) groups excluding carboxylic acids is 1. The standard InChI is InChI=1S/C21H23N3O4S2/c1-14-23-18(13-29-14)16-7-5-15(6-8-16)12-22-21(25)17-9-10-19(28-4)20(11-17)30(26,27)24(2)3/h5-11,13H,12H2,1-4H3,(H,22,25). The predicted molar refractivity (Wildman–Crippen MR) is 117 cm³/mol. The van der Waals surface area contributed by atoms with E-state index in [9.17, 15) is 13.2 Å². The quantitative estimate of drug-likeness (QED) is 0.603. The molecule has 0 aliphatic carbocycles. The van der Waals surface area contributed by atoms with Gasteiger partial charge in [0.1, 0.15) is 10.6 Å². The largest absolute Gasteiger partial charge is 0.495 e. The molecule has 0 spiro atoms. The van der Waals surface area contributed by atoms with Crippen molar-refractivity contribution < 1.29 is 17.9 Å². The van der Waals surface area contributed by atoms with Crippen LogP contribution in [0.15, 0.2) is 52.7 Å². The van der Waals surface area contributed by atoms with E-state index in [2.05, 4.69) is 10.3 Å². The summed E-state index contributed by atoms with van der Waals surface area (Å²) in [7, 11) is 0.498. The van der Waals surface area contributed by atoms with Crippen molar-refractivity contribution in [3.63, 3.8) is 0 Å². The summed E-state index contributed by atoms with van der Waals surface area (Å²) in [5.74, 6) is -0.180. The molecule has 30 heavy (non-hydrogen) atoms. The van der Waals surface area contributed by atoms with Crippen molar-refractivity contribution in [2.24, 2.45) is 0 Å². The van der Waals surface area contributed by atoms with Crippen LogP contribution in [0.25, 0.3) is 11.3 Å².